The molecule has 6 heteroatoms. The summed E-state index contributed by atoms with van der Waals surface area (Å²) in [5.41, 5.74) is 1.24. The zero-order chi connectivity index (χ0) is 14.1. The summed E-state index contributed by atoms with van der Waals surface area (Å²) < 4.78 is 5.92. The summed E-state index contributed by atoms with van der Waals surface area (Å²) in [5, 5.41) is 0.224. The largest absolute Gasteiger partial charge is 0.345 e. The van der Waals surface area contributed by atoms with Crippen molar-refractivity contribution < 1.29 is 9.42 Å². The zero-order valence-corrected chi connectivity index (χ0v) is 14.6. The van der Waals surface area contributed by atoms with Crippen LogP contribution in [0.4, 0.5) is 0 Å². The van der Waals surface area contributed by atoms with Crippen molar-refractivity contribution in [1.82, 2.24) is 0 Å². The normalized spacial score (nSPS) is 29.1. The second-order valence-corrected chi connectivity index (χ2v) is 11.9. The molecule has 1 aromatic carbocycles. The summed E-state index contributed by atoms with van der Waals surface area (Å²) in [4.78, 5) is 10.2. The Morgan fingerprint density at radius 3 is 2.58 bits per heavy atom. The fraction of sp³-hybridized carbons (Fsp3) is 0.538. The summed E-state index contributed by atoms with van der Waals surface area (Å²) in [6.45, 7) is 3.55. The first kappa shape index (κ1) is 15.9. The summed E-state index contributed by atoms with van der Waals surface area (Å²) >= 11 is 5.21. The van der Waals surface area contributed by atoms with E-state index < -0.39 is 6.49 Å². The van der Waals surface area contributed by atoms with E-state index >= 15 is 0 Å². The van der Waals surface area contributed by atoms with E-state index in [9.17, 15) is 4.89 Å². The van der Waals surface area contributed by atoms with Crippen LogP contribution in [0.15, 0.2) is 30.3 Å². The SMILES string of the molecule is CCP(O)(=S)O[C@H]1[C@H](c2ccccc2)SSC1(C)C. The Hall–Kier alpha value is 0.490. The predicted octanol–water partition coefficient (Wildman–Crippen LogP) is 4.61. The van der Waals surface area contributed by atoms with E-state index in [2.05, 4.69) is 26.0 Å². The molecule has 0 saturated carbocycles. The van der Waals surface area contributed by atoms with Gasteiger partial charge in [0, 0.05) is 10.9 Å². The van der Waals surface area contributed by atoms with Crippen molar-refractivity contribution in [3.05, 3.63) is 35.9 Å². The highest BCUT2D eigenvalue weighted by atomic mass is 33.1. The highest BCUT2D eigenvalue weighted by Crippen LogP contribution is 2.62. The third kappa shape index (κ3) is 3.78. The van der Waals surface area contributed by atoms with Gasteiger partial charge in [-0.1, -0.05) is 58.8 Å². The van der Waals surface area contributed by atoms with Gasteiger partial charge in [0.2, 0.25) is 0 Å². The standard InChI is InChI=1S/C13H19O2PS3/c1-4-16(14,17)15-12-11(18-19-13(12,2)3)10-8-6-5-7-9-10/h5-9,11-12H,4H2,1-3H3,(H,14,17)/t11-,12-,16?/m0/s1. The van der Waals surface area contributed by atoms with Crippen molar-refractivity contribution >= 4 is 39.9 Å². The van der Waals surface area contributed by atoms with Gasteiger partial charge in [0.25, 0.3) is 0 Å². The maximum absolute atomic E-state index is 10.2. The molecule has 1 fully saturated rings. The molecule has 3 atom stereocenters. The van der Waals surface area contributed by atoms with Gasteiger partial charge in [-0.2, -0.15) is 0 Å². The Kier molecular flexibility index (Phi) is 5.08. The second-order valence-electron chi connectivity index (χ2n) is 5.09. The molecular weight excluding hydrogens is 315 g/mol. The monoisotopic (exact) mass is 334 g/mol. The lowest BCUT2D eigenvalue weighted by Gasteiger charge is -2.31. The van der Waals surface area contributed by atoms with E-state index in [0.717, 1.165) is 0 Å². The number of hydrogen-bond acceptors (Lipinski definition) is 4. The van der Waals surface area contributed by atoms with Gasteiger partial charge >= 0.3 is 0 Å². The van der Waals surface area contributed by atoms with Crippen LogP contribution in [0.1, 0.15) is 31.6 Å². The Morgan fingerprint density at radius 1 is 1.37 bits per heavy atom. The van der Waals surface area contributed by atoms with Crippen LogP contribution in [0, 0.1) is 0 Å². The Morgan fingerprint density at radius 2 is 2.00 bits per heavy atom. The molecule has 1 aliphatic rings. The average Bonchev–Trinajstić information content (AvgIpc) is 2.66. The molecule has 1 aliphatic heterocycles. The van der Waals surface area contributed by atoms with Crippen molar-refractivity contribution in [2.75, 3.05) is 6.16 Å². The lowest BCUT2D eigenvalue weighted by atomic mass is 9.98. The quantitative estimate of drug-likeness (QED) is 0.642. The minimum Gasteiger partial charge on any atom is -0.345 e. The molecule has 0 radical (unpaired) electrons. The van der Waals surface area contributed by atoms with E-state index in [-0.39, 0.29) is 16.1 Å². The fourth-order valence-electron chi connectivity index (χ4n) is 1.95. The first-order valence-electron chi connectivity index (χ1n) is 6.25. The Labute approximate surface area is 128 Å². The second kappa shape index (κ2) is 6.08. The molecule has 2 rings (SSSR count). The molecule has 0 spiro atoms. The maximum atomic E-state index is 10.2. The summed E-state index contributed by atoms with van der Waals surface area (Å²) in [6, 6.07) is 10.3. The summed E-state index contributed by atoms with van der Waals surface area (Å²) in [5.74, 6) is 0. The van der Waals surface area contributed by atoms with Gasteiger partial charge in [-0.25, -0.2) is 0 Å². The molecule has 0 aliphatic carbocycles. The van der Waals surface area contributed by atoms with Gasteiger partial charge in [-0.3, -0.25) is 0 Å². The van der Waals surface area contributed by atoms with Gasteiger partial charge in [-0.15, -0.1) is 0 Å². The lowest BCUT2D eigenvalue weighted by Crippen LogP contribution is -2.33. The number of hydrogen-bond donors (Lipinski definition) is 1. The van der Waals surface area contributed by atoms with E-state index in [0.29, 0.717) is 6.16 Å². The lowest BCUT2D eigenvalue weighted by molar-refractivity contribution is 0.169. The van der Waals surface area contributed by atoms with Crippen molar-refractivity contribution in [3.8, 4) is 0 Å². The molecule has 1 unspecified atom stereocenters. The molecule has 1 heterocycles. The van der Waals surface area contributed by atoms with Gasteiger partial charge in [0.15, 0.2) is 6.49 Å². The summed E-state index contributed by atoms with van der Waals surface area (Å²) in [7, 11) is 3.63. The molecule has 19 heavy (non-hydrogen) atoms. The zero-order valence-electron chi connectivity index (χ0n) is 11.3. The van der Waals surface area contributed by atoms with Crippen LogP contribution in [-0.2, 0) is 16.3 Å². The molecule has 0 aromatic heterocycles. The molecule has 1 saturated heterocycles. The molecule has 0 bridgehead atoms. The first-order valence-corrected chi connectivity index (χ1v) is 11.3. The van der Waals surface area contributed by atoms with E-state index in [1.165, 1.54) is 5.56 Å². The minimum absolute atomic E-state index is 0.0485. The number of rotatable bonds is 4. The smallest absolute Gasteiger partial charge is 0.186 e. The Balaban J connectivity index is 2.27. The van der Waals surface area contributed by atoms with E-state index in [1.807, 2.05) is 46.7 Å². The third-order valence-electron chi connectivity index (χ3n) is 3.13. The van der Waals surface area contributed by atoms with E-state index in [1.54, 1.807) is 0 Å². The first-order chi connectivity index (χ1) is 8.86. The third-order valence-corrected chi connectivity index (χ3v) is 9.21. The molecular formula is C13H19O2PS3. The van der Waals surface area contributed by atoms with Crippen molar-refractivity contribution in [3.63, 3.8) is 0 Å². The van der Waals surface area contributed by atoms with Crippen LogP contribution in [0.3, 0.4) is 0 Å². The van der Waals surface area contributed by atoms with Crippen LogP contribution in [0.5, 0.6) is 0 Å². The maximum Gasteiger partial charge on any atom is 0.186 e. The van der Waals surface area contributed by atoms with Gasteiger partial charge < -0.3 is 9.42 Å². The predicted molar refractivity (Wildman–Crippen MR) is 90.4 cm³/mol. The van der Waals surface area contributed by atoms with Crippen LogP contribution >= 0.6 is 28.1 Å². The van der Waals surface area contributed by atoms with Crippen molar-refractivity contribution in [1.29, 1.82) is 0 Å². The van der Waals surface area contributed by atoms with Gasteiger partial charge in [0.1, 0.15) is 0 Å². The van der Waals surface area contributed by atoms with Crippen molar-refractivity contribution in [2.45, 2.75) is 36.9 Å². The van der Waals surface area contributed by atoms with Crippen LogP contribution < -0.4 is 0 Å². The number of benzene rings is 1. The summed E-state index contributed by atoms with van der Waals surface area (Å²) in [6.07, 6.45) is 0.465. The van der Waals surface area contributed by atoms with Crippen molar-refractivity contribution in [2.24, 2.45) is 0 Å². The fourth-order valence-corrected chi connectivity index (χ4v) is 6.72. The van der Waals surface area contributed by atoms with Gasteiger partial charge in [0.05, 0.1) is 11.4 Å². The highest BCUT2D eigenvalue weighted by Gasteiger charge is 2.47. The molecule has 1 N–H and O–H groups in total. The topological polar surface area (TPSA) is 29.5 Å². The van der Waals surface area contributed by atoms with Gasteiger partial charge in [-0.05, 0) is 31.2 Å². The molecule has 106 valence electrons. The van der Waals surface area contributed by atoms with Crippen LogP contribution in [0.2, 0.25) is 0 Å². The highest BCUT2D eigenvalue weighted by molar-refractivity contribution is 8.77. The Bertz CT molecular complexity index is 478. The molecule has 0 amide bonds. The van der Waals surface area contributed by atoms with Crippen LogP contribution in [0.25, 0.3) is 0 Å². The van der Waals surface area contributed by atoms with E-state index in [4.69, 9.17) is 16.3 Å². The van der Waals surface area contributed by atoms with Crippen LogP contribution in [-0.4, -0.2) is 21.9 Å². The average molecular weight is 334 g/mol. The molecule has 2 nitrogen and oxygen atoms in total. The minimum atomic E-state index is -2.65. The molecule has 1 aromatic rings.